The molecule has 0 N–H and O–H groups in total. The second-order valence-electron chi connectivity index (χ2n) is 6.17. The third-order valence-electron chi connectivity index (χ3n) is 4.53. The van der Waals surface area contributed by atoms with Gasteiger partial charge < -0.3 is 9.64 Å². The molecule has 1 aliphatic rings. The van der Waals surface area contributed by atoms with Gasteiger partial charge in [-0.05, 0) is 53.1 Å². The number of nitrogens with zero attached hydrogens (tertiary/aromatic N) is 2. The number of benzene rings is 3. The Morgan fingerprint density at radius 3 is 2.08 bits per heavy atom. The van der Waals surface area contributed by atoms with E-state index in [1.54, 1.807) is 7.11 Å². The smallest absolute Gasteiger partial charge is 0.119 e. The van der Waals surface area contributed by atoms with Crippen LogP contribution in [0.2, 0.25) is 0 Å². The molecule has 124 valence electrons. The first kappa shape index (κ1) is 15.5. The molecule has 0 bridgehead atoms. The summed E-state index contributed by atoms with van der Waals surface area (Å²) in [7, 11) is 1.67. The van der Waals surface area contributed by atoms with Gasteiger partial charge in [0.25, 0.3) is 0 Å². The minimum Gasteiger partial charge on any atom is -0.497 e. The van der Waals surface area contributed by atoms with Crippen molar-refractivity contribution in [2.75, 3.05) is 12.0 Å². The number of rotatable bonds is 4. The summed E-state index contributed by atoms with van der Waals surface area (Å²) in [6.07, 6.45) is 1.89. The van der Waals surface area contributed by atoms with E-state index in [9.17, 15) is 0 Å². The summed E-state index contributed by atoms with van der Waals surface area (Å²) in [4.78, 5) is 6.92. The quantitative estimate of drug-likeness (QED) is 0.632. The van der Waals surface area contributed by atoms with Gasteiger partial charge in [0.1, 0.15) is 5.75 Å². The van der Waals surface area contributed by atoms with Crippen molar-refractivity contribution >= 4 is 17.6 Å². The predicted octanol–water partition coefficient (Wildman–Crippen LogP) is 4.97. The highest BCUT2D eigenvalue weighted by molar-refractivity contribution is 5.82. The van der Waals surface area contributed by atoms with E-state index in [1.165, 1.54) is 16.8 Å². The summed E-state index contributed by atoms with van der Waals surface area (Å²) in [5.74, 6) is 0.843. The molecule has 0 fully saturated rings. The maximum absolute atomic E-state index is 5.16. The van der Waals surface area contributed by atoms with E-state index >= 15 is 0 Å². The van der Waals surface area contributed by atoms with Crippen LogP contribution in [0.25, 0.3) is 0 Å². The summed E-state index contributed by atoms with van der Waals surface area (Å²) in [5.41, 5.74) is 6.11. The number of hydrogen-bond donors (Lipinski definition) is 0. The molecular formula is C22H20N2O. The third kappa shape index (κ3) is 3.41. The first-order valence-electron chi connectivity index (χ1n) is 8.42. The Kier molecular flexibility index (Phi) is 4.21. The van der Waals surface area contributed by atoms with Gasteiger partial charge in [-0.1, -0.05) is 36.4 Å². The highest BCUT2D eigenvalue weighted by atomic mass is 16.5. The number of anilines is 1. The zero-order valence-corrected chi connectivity index (χ0v) is 14.2. The number of hydrogen-bond acceptors (Lipinski definition) is 3. The molecule has 0 atom stereocenters. The average molecular weight is 328 g/mol. The fourth-order valence-electron chi connectivity index (χ4n) is 3.10. The molecule has 3 aromatic carbocycles. The molecule has 0 unspecified atom stereocenters. The second kappa shape index (κ2) is 6.81. The minimum absolute atomic E-state index is 0.843. The van der Waals surface area contributed by atoms with E-state index in [1.807, 2.05) is 30.5 Å². The van der Waals surface area contributed by atoms with Crippen molar-refractivity contribution < 1.29 is 4.74 Å². The predicted molar refractivity (Wildman–Crippen MR) is 103 cm³/mol. The van der Waals surface area contributed by atoms with Gasteiger partial charge in [-0.2, -0.15) is 0 Å². The van der Waals surface area contributed by atoms with Gasteiger partial charge in [0, 0.05) is 25.0 Å². The van der Waals surface area contributed by atoms with Gasteiger partial charge in [0.2, 0.25) is 0 Å². The van der Waals surface area contributed by atoms with E-state index in [2.05, 4.69) is 58.4 Å². The summed E-state index contributed by atoms with van der Waals surface area (Å²) in [6, 6.07) is 25.0. The fraction of sp³-hybridized carbons (Fsp3) is 0.136. The van der Waals surface area contributed by atoms with E-state index in [0.29, 0.717) is 0 Å². The molecule has 3 heteroatoms. The van der Waals surface area contributed by atoms with Crippen molar-refractivity contribution in [3.8, 4) is 5.75 Å². The molecule has 1 heterocycles. The van der Waals surface area contributed by atoms with Crippen LogP contribution < -0.4 is 9.64 Å². The Balaban J connectivity index is 1.44. The molecular weight excluding hydrogens is 308 g/mol. The lowest BCUT2D eigenvalue weighted by molar-refractivity contribution is 0.415. The van der Waals surface area contributed by atoms with Crippen molar-refractivity contribution in [1.29, 1.82) is 0 Å². The molecule has 0 aromatic heterocycles. The zero-order valence-electron chi connectivity index (χ0n) is 14.2. The summed E-state index contributed by atoms with van der Waals surface area (Å²) in [5, 5.41) is 0. The molecule has 0 amide bonds. The molecule has 3 nitrogen and oxygen atoms in total. The second-order valence-corrected chi connectivity index (χ2v) is 6.17. The molecule has 0 aliphatic carbocycles. The van der Waals surface area contributed by atoms with Gasteiger partial charge in [-0.3, -0.25) is 4.99 Å². The first-order chi connectivity index (χ1) is 12.3. The van der Waals surface area contributed by atoms with Crippen LogP contribution in [0.5, 0.6) is 5.75 Å². The Morgan fingerprint density at radius 1 is 0.840 bits per heavy atom. The van der Waals surface area contributed by atoms with Crippen LogP contribution in [-0.4, -0.2) is 13.3 Å². The van der Waals surface area contributed by atoms with Crippen molar-refractivity contribution in [3.63, 3.8) is 0 Å². The van der Waals surface area contributed by atoms with Gasteiger partial charge >= 0.3 is 0 Å². The average Bonchev–Trinajstić information content (AvgIpc) is 3.11. The van der Waals surface area contributed by atoms with Crippen LogP contribution in [0, 0.1) is 0 Å². The highest BCUT2D eigenvalue weighted by Crippen LogP contribution is 2.28. The molecule has 0 saturated carbocycles. The largest absolute Gasteiger partial charge is 0.497 e. The van der Waals surface area contributed by atoms with Crippen LogP contribution in [0.4, 0.5) is 11.4 Å². The van der Waals surface area contributed by atoms with E-state index in [-0.39, 0.29) is 0 Å². The fourth-order valence-corrected chi connectivity index (χ4v) is 3.10. The van der Waals surface area contributed by atoms with Gasteiger partial charge in [0.15, 0.2) is 0 Å². The van der Waals surface area contributed by atoms with Crippen LogP contribution in [0.3, 0.4) is 0 Å². The summed E-state index contributed by atoms with van der Waals surface area (Å²) in [6.45, 7) is 1.96. The number of ether oxygens (including phenoxy) is 1. The Bertz CT molecular complexity index is 858. The lowest BCUT2D eigenvalue weighted by Crippen LogP contribution is -2.14. The lowest BCUT2D eigenvalue weighted by atomic mass is 10.1. The van der Waals surface area contributed by atoms with Gasteiger partial charge in [-0.25, -0.2) is 0 Å². The number of aliphatic imine (C=N–C) groups is 1. The molecule has 0 radical (unpaired) electrons. The van der Waals surface area contributed by atoms with Crippen LogP contribution in [0.15, 0.2) is 77.8 Å². The molecule has 25 heavy (non-hydrogen) atoms. The summed E-state index contributed by atoms with van der Waals surface area (Å²) < 4.78 is 5.16. The minimum atomic E-state index is 0.843. The van der Waals surface area contributed by atoms with Gasteiger partial charge in [-0.15, -0.1) is 0 Å². The maximum Gasteiger partial charge on any atom is 0.119 e. The first-order valence-corrected chi connectivity index (χ1v) is 8.42. The standard InChI is InChI=1S/C22H20N2O/c1-25-22-12-8-20(9-13-22)23-14-17-6-10-21(11-7-17)24-15-18-4-2-3-5-19(18)16-24/h2-14H,15-16H2,1H3. The van der Waals surface area contributed by atoms with E-state index < -0.39 is 0 Å². The zero-order chi connectivity index (χ0) is 17.1. The summed E-state index contributed by atoms with van der Waals surface area (Å²) >= 11 is 0. The van der Waals surface area contributed by atoms with E-state index in [4.69, 9.17) is 4.74 Å². The lowest BCUT2D eigenvalue weighted by Gasteiger charge is -2.17. The SMILES string of the molecule is COc1ccc(N=Cc2ccc(N3Cc4ccccc4C3)cc2)cc1. The van der Waals surface area contributed by atoms with Gasteiger partial charge in [0.05, 0.1) is 12.8 Å². The molecule has 0 spiro atoms. The van der Waals surface area contributed by atoms with E-state index in [0.717, 1.165) is 30.1 Å². The Morgan fingerprint density at radius 2 is 1.48 bits per heavy atom. The molecule has 1 aliphatic heterocycles. The van der Waals surface area contributed by atoms with Crippen molar-refractivity contribution in [1.82, 2.24) is 0 Å². The number of methoxy groups -OCH3 is 1. The third-order valence-corrected chi connectivity index (χ3v) is 4.53. The molecule has 3 aromatic rings. The van der Waals surface area contributed by atoms with Crippen molar-refractivity contribution in [2.24, 2.45) is 4.99 Å². The van der Waals surface area contributed by atoms with Crippen LogP contribution >= 0.6 is 0 Å². The molecule has 4 rings (SSSR count). The number of fused-ring (bicyclic) bond motifs is 1. The monoisotopic (exact) mass is 328 g/mol. The van der Waals surface area contributed by atoms with Crippen molar-refractivity contribution in [2.45, 2.75) is 13.1 Å². The van der Waals surface area contributed by atoms with Crippen LogP contribution in [0.1, 0.15) is 16.7 Å². The highest BCUT2D eigenvalue weighted by Gasteiger charge is 2.18. The molecule has 0 saturated heterocycles. The van der Waals surface area contributed by atoms with Crippen molar-refractivity contribution in [3.05, 3.63) is 89.5 Å². The maximum atomic E-state index is 5.16. The topological polar surface area (TPSA) is 24.8 Å². The Hall–Kier alpha value is -3.07. The van der Waals surface area contributed by atoms with Crippen LogP contribution in [-0.2, 0) is 13.1 Å². The Labute approximate surface area is 148 Å². The normalized spacial score (nSPS) is 13.2.